The minimum absolute atomic E-state index is 0.191. The van der Waals surface area contributed by atoms with Gasteiger partial charge >= 0.3 is 0 Å². The minimum atomic E-state index is -3.01. The largest absolute Gasteiger partial charge is 0.491 e. The first kappa shape index (κ1) is 51.7. The molecule has 0 amide bonds. The topological polar surface area (TPSA) is 64.6 Å². The molecule has 0 bridgehead atoms. The average Bonchev–Trinajstić information content (AvgIpc) is 3.39. The molecule has 0 radical (unpaired) electrons. The summed E-state index contributed by atoms with van der Waals surface area (Å²) in [6, 6.07) is 63.8. The number of alkyl halides is 1. The van der Waals surface area contributed by atoms with Gasteiger partial charge in [-0.25, -0.2) is 0 Å². The van der Waals surface area contributed by atoms with Crippen molar-refractivity contribution in [3.8, 4) is 5.75 Å². The molecule has 1 fully saturated rings. The lowest BCUT2D eigenvalue weighted by Crippen LogP contribution is -2.66. The van der Waals surface area contributed by atoms with Gasteiger partial charge in [0.05, 0.1) is 55.0 Å². The van der Waals surface area contributed by atoms with Crippen molar-refractivity contribution in [2.45, 2.75) is 89.4 Å². The summed E-state index contributed by atoms with van der Waals surface area (Å²) in [5.41, 5.74) is 5.51. The van der Waals surface area contributed by atoms with E-state index in [9.17, 15) is 0 Å². The Morgan fingerprint density at radius 1 is 0.557 bits per heavy atom. The molecule has 5 atom stereocenters. The van der Waals surface area contributed by atoms with Crippen LogP contribution in [-0.2, 0) is 61.1 Å². The molecule has 0 spiro atoms. The summed E-state index contributed by atoms with van der Waals surface area (Å²) in [6.07, 6.45) is -3.49. The predicted molar refractivity (Wildman–Crippen MR) is 287 cm³/mol. The van der Waals surface area contributed by atoms with Crippen molar-refractivity contribution < 1.29 is 32.8 Å². The van der Waals surface area contributed by atoms with Gasteiger partial charge in [0.15, 0.2) is 0 Å². The fourth-order valence-corrected chi connectivity index (χ4v) is 14.7. The molecule has 7 aromatic rings. The highest BCUT2D eigenvalue weighted by atomic mass is 79.9. The van der Waals surface area contributed by atoms with Crippen LogP contribution in [0.1, 0.15) is 60.3 Å². The summed E-state index contributed by atoms with van der Waals surface area (Å²) in [5, 5.41) is 2.51. The van der Waals surface area contributed by atoms with Crippen LogP contribution < -0.4 is 15.1 Å². The van der Waals surface area contributed by atoms with E-state index in [0.29, 0.717) is 40.6 Å². The SMILES string of the molecule is CC(C)(C)[Si](OCc1cc(C2O[C@H](COCc3ccccc3)[C@@H](OCc3ccccc3)[C@H](OCc3ccccc3)[C@H]2OCc2ccccc2)c(OCCCl)c(Br)c1Cl)(c1ccccc1)c1ccccc1. The van der Waals surface area contributed by atoms with Crippen molar-refractivity contribution in [3.05, 3.63) is 231 Å². The second-order valence-corrected chi connectivity index (χ2v) is 24.3. The van der Waals surface area contributed by atoms with Crippen molar-refractivity contribution in [2.75, 3.05) is 19.1 Å². The number of hydrogen-bond donors (Lipinski definition) is 0. The molecule has 1 aliphatic rings. The Balaban J connectivity index is 1.26. The summed E-state index contributed by atoms with van der Waals surface area (Å²) in [5.74, 6) is 0.739. The molecule has 1 heterocycles. The fraction of sp³-hybridized carbons (Fsp3) is 0.288. The van der Waals surface area contributed by atoms with E-state index in [1.54, 1.807) is 0 Å². The molecule has 70 heavy (non-hydrogen) atoms. The fourth-order valence-electron chi connectivity index (χ4n) is 9.27. The second kappa shape index (κ2) is 25.2. The van der Waals surface area contributed by atoms with Gasteiger partial charge < -0.3 is 32.8 Å². The molecule has 7 aromatic carbocycles. The van der Waals surface area contributed by atoms with Gasteiger partial charge in [-0.15, -0.1) is 11.6 Å². The van der Waals surface area contributed by atoms with Gasteiger partial charge in [-0.3, -0.25) is 0 Å². The zero-order valence-corrected chi connectivity index (χ0v) is 44.0. The molecular formula is C59H61BrCl2O7Si. The monoisotopic (exact) mass is 1060 g/mol. The van der Waals surface area contributed by atoms with Crippen molar-refractivity contribution in [3.63, 3.8) is 0 Å². The Bertz CT molecular complexity index is 2610. The average molecular weight is 1060 g/mol. The molecule has 1 saturated heterocycles. The maximum absolute atomic E-state index is 7.53. The van der Waals surface area contributed by atoms with Crippen LogP contribution in [0.5, 0.6) is 5.75 Å². The van der Waals surface area contributed by atoms with E-state index in [2.05, 4.69) is 140 Å². The van der Waals surface area contributed by atoms with Crippen LogP contribution in [0, 0.1) is 0 Å². The Hall–Kier alpha value is -4.62. The summed E-state index contributed by atoms with van der Waals surface area (Å²) in [7, 11) is -3.01. The van der Waals surface area contributed by atoms with Crippen LogP contribution in [-0.4, -0.2) is 51.8 Å². The van der Waals surface area contributed by atoms with Crippen LogP contribution in [0.4, 0.5) is 0 Å². The Morgan fingerprint density at radius 3 is 1.44 bits per heavy atom. The highest BCUT2D eigenvalue weighted by molar-refractivity contribution is 9.10. The number of rotatable bonds is 22. The first-order valence-corrected chi connectivity index (χ1v) is 27.5. The molecule has 11 heteroatoms. The van der Waals surface area contributed by atoms with Crippen molar-refractivity contribution in [1.82, 2.24) is 0 Å². The molecule has 7 nitrogen and oxygen atoms in total. The van der Waals surface area contributed by atoms with Gasteiger partial charge in [0.25, 0.3) is 8.32 Å². The van der Waals surface area contributed by atoms with Gasteiger partial charge in [-0.1, -0.05) is 214 Å². The lowest BCUT2D eigenvalue weighted by atomic mass is 9.89. The third-order valence-electron chi connectivity index (χ3n) is 12.6. The molecular weight excluding hydrogens is 1000 g/mol. The molecule has 0 N–H and O–H groups in total. The minimum Gasteiger partial charge on any atom is -0.491 e. The Kier molecular flexibility index (Phi) is 18.6. The molecule has 0 aliphatic carbocycles. The predicted octanol–water partition coefficient (Wildman–Crippen LogP) is 13.2. The van der Waals surface area contributed by atoms with Crippen LogP contribution in [0.3, 0.4) is 0 Å². The van der Waals surface area contributed by atoms with Crippen LogP contribution in [0.25, 0.3) is 0 Å². The summed E-state index contributed by atoms with van der Waals surface area (Å²) in [6.45, 7) is 8.65. The van der Waals surface area contributed by atoms with E-state index in [1.807, 2.05) is 84.9 Å². The number of ether oxygens (including phenoxy) is 6. The quantitative estimate of drug-likeness (QED) is 0.0495. The molecule has 364 valence electrons. The van der Waals surface area contributed by atoms with E-state index in [1.165, 1.54) is 0 Å². The van der Waals surface area contributed by atoms with Gasteiger partial charge in [0, 0.05) is 5.56 Å². The maximum Gasteiger partial charge on any atom is 0.261 e. The standard InChI is InChI=1S/C59H61BrCl2O7Si/c1-59(2,3)70(48-30-18-8-19-31-48,49-32-20-9-21-33-49)68-41-47-36-50(54(64-35-34-61)52(60)53(47)62)55-57(66-39-45-26-14-6-15-27-45)58(67-40-46-28-16-7-17-29-46)56(65-38-44-24-12-5-13-25-44)51(69-55)42-63-37-43-22-10-4-11-23-43/h4-33,36,51,55-58H,34-35,37-42H2,1-3H3/t51-,55?,56-,57+,58+/m1/s1. The van der Waals surface area contributed by atoms with Crippen LogP contribution >= 0.6 is 39.1 Å². The molecule has 1 unspecified atom stereocenters. The van der Waals surface area contributed by atoms with E-state index >= 15 is 0 Å². The smallest absolute Gasteiger partial charge is 0.261 e. The third-order valence-corrected chi connectivity index (χ3v) is 19.2. The maximum atomic E-state index is 7.53. The van der Waals surface area contributed by atoms with Crippen molar-refractivity contribution in [1.29, 1.82) is 0 Å². The molecule has 1 aliphatic heterocycles. The third kappa shape index (κ3) is 12.7. The zero-order valence-electron chi connectivity index (χ0n) is 39.9. The molecule has 0 saturated carbocycles. The molecule has 8 rings (SSSR count). The number of halogens is 3. The van der Waals surface area contributed by atoms with Gasteiger partial charge in [0.1, 0.15) is 42.9 Å². The number of hydrogen-bond acceptors (Lipinski definition) is 7. The summed E-state index contributed by atoms with van der Waals surface area (Å²) in [4.78, 5) is 0. The highest BCUT2D eigenvalue weighted by Gasteiger charge is 2.52. The zero-order chi connectivity index (χ0) is 48.8. The lowest BCUT2D eigenvalue weighted by molar-refractivity contribution is -0.275. The van der Waals surface area contributed by atoms with E-state index in [4.69, 9.17) is 56.0 Å². The van der Waals surface area contributed by atoms with Crippen molar-refractivity contribution in [2.24, 2.45) is 0 Å². The lowest BCUT2D eigenvalue weighted by Gasteiger charge is -2.47. The second-order valence-electron chi connectivity index (χ2n) is 18.5. The van der Waals surface area contributed by atoms with Gasteiger partial charge in [-0.05, 0) is 65.2 Å². The van der Waals surface area contributed by atoms with E-state index in [0.717, 1.165) is 38.2 Å². The summed E-state index contributed by atoms with van der Waals surface area (Å²) < 4.78 is 50.0. The van der Waals surface area contributed by atoms with E-state index < -0.39 is 38.8 Å². The van der Waals surface area contributed by atoms with Crippen LogP contribution in [0.2, 0.25) is 10.1 Å². The first-order valence-electron chi connectivity index (χ1n) is 23.8. The highest BCUT2D eigenvalue weighted by Crippen LogP contribution is 2.48. The summed E-state index contributed by atoms with van der Waals surface area (Å²) >= 11 is 17.8. The van der Waals surface area contributed by atoms with Crippen LogP contribution in [0.15, 0.2) is 193 Å². The number of benzene rings is 7. The normalized spacial score (nSPS) is 18.4. The van der Waals surface area contributed by atoms with Gasteiger partial charge in [-0.2, -0.15) is 0 Å². The first-order chi connectivity index (χ1) is 34.2. The Labute approximate surface area is 433 Å². The van der Waals surface area contributed by atoms with E-state index in [-0.39, 0.29) is 37.3 Å². The molecule has 0 aromatic heterocycles. The van der Waals surface area contributed by atoms with Gasteiger partial charge in [0.2, 0.25) is 0 Å². The Morgan fingerprint density at radius 2 is 0.986 bits per heavy atom. The van der Waals surface area contributed by atoms with Crippen molar-refractivity contribution >= 4 is 57.8 Å².